The minimum Gasteiger partial charge on any atom is -0.393 e. The topological polar surface area (TPSA) is 29.5 Å². The number of aliphatic hydroxyl groups excluding tert-OH is 1. The predicted octanol–water partition coefficient (Wildman–Crippen LogP) is 2.74. The first kappa shape index (κ1) is 12.0. The van der Waals surface area contributed by atoms with Crippen molar-refractivity contribution in [3.63, 3.8) is 0 Å². The molecule has 0 saturated heterocycles. The third-order valence-corrected chi connectivity index (χ3v) is 3.25. The van der Waals surface area contributed by atoms with Gasteiger partial charge in [0.1, 0.15) is 0 Å². The van der Waals surface area contributed by atoms with Crippen LogP contribution in [0.2, 0.25) is 0 Å². The van der Waals surface area contributed by atoms with Crippen LogP contribution in [0.1, 0.15) is 52.4 Å². The molecule has 14 heavy (non-hydrogen) atoms. The zero-order valence-electron chi connectivity index (χ0n) is 9.54. The van der Waals surface area contributed by atoms with Gasteiger partial charge < -0.3 is 9.84 Å². The van der Waals surface area contributed by atoms with Crippen LogP contribution in [0.4, 0.5) is 0 Å². The molecule has 84 valence electrons. The van der Waals surface area contributed by atoms with Gasteiger partial charge in [0.2, 0.25) is 0 Å². The van der Waals surface area contributed by atoms with Crippen LogP contribution in [0, 0.1) is 5.92 Å². The van der Waals surface area contributed by atoms with E-state index < -0.39 is 0 Å². The molecule has 1 atom stereocenters. The molecule has 0 aliphatic heterocycles. The van der Waals surface area contributed by atoms with Gasteiger partial charge in [-0.1, -0.05) is 13.3 Å². The fraction of sp³-hybridized carbons (Fsp3) is 1.00. The number of hydrogen-bond acceptors (Lipinski definition) is 2. The molecular formula is C12H24O2. The summed E-state index contributed by atoms with van der Waals surface area (Å²) in [5.74, 6) is 0.515. The van der Waals surface area contributed by atoms with E-state index in [1.807, 2.05) is 6.92 Å². The van der Waals surface area contributed by atoms with Gasteiger partial charge in [-0.25, -0.2) is 0 Å². The Morgan fingerprint density at radius 1 is 1.29 bits per heavy atom. The maximum atomic E-state index is 9.44. The summed E-state index contributed by atoms with van der Waals surface area (Å²) in [5, 5.41) is 9.44. The van der Waals surface area contributed by atoms with Crippen LogP contribution >= 0.6 is 0 Å². The summed E-state index contributed by atoms with van der Waals surface area (Å²) in [5.41, 5.74) is 0. The van der Waals surface area contributed by atoms with Gasteiger partial charge >= 0.3 is 0 Å². The maximum absolute atomic E-state index is 9.44. The first-order chi connectivity index (χ1) is 6.74. The van der Waals surface area contributed by atoms with E-state index in [0.717, 1.165) is 32.3 Å². The van der Waals surface area contributed by atoms with E-state index in [2.05, 4.69) is 6.92 Å². The number of rotatable bonds is 5. The summed E-state index contributed by atoms with van der Waals surface area (Å²) in [6.45, 7) is 5.01. The van der Waals surface area contributed by atoms with Crippen molar-refractivity contribution in [3.8, 4) is 0 Å². The molecule has 0 bridgehead atoms. The Bertz CT molecular complexity index is 137. The van der Waals surface area contributed by atoms with E-state index in [0.29, 0.717) is 12.0 Å². The van der Waals surface area contributed by atoms with Gasteiger partial charge in [-0.05, 0) is 44.9 Å². The Labute approximate surface area is 87.7 Å². The molecule has 1 aliphatic rings. The number of hydrogen-bond donors (Lipinski definition) is 1. The van der Waals surface area contributed by atoms with Crippen LogP contribution < -0.4 is 0 Å². The zero-order chi connectivity index (χ0) is 10.4. The molecule has 2 heteroatoms. The lowest BCUT2D eigenvalue weighted by atomic mass is 9.84. The van der Waals surface area contributed by atoms with Crippen LogP contribution in [-0.2, 0) is 4.74 Å². The minimum absolute atomic E-state index is 0.133. The molecule has 0 aromatic heterocycles. The molecule has 1 N–H and O–H groups in total. The minimum atomic E-state index is -0.133. The highest BCUT2D eigenvalue weighted by molar-refractivity contribution is 4.75. The fourth-order valence-electron chi connectivity index (χ4n) is 2.13. The van der Waals surface area contributed by atoms with Crippen LogP contribution in [0.3, 0.4) is 0 Å². The Morgan fingerprint density at radius 2 is 1.93 bits per heavy atom. The average molecular weight is 200 g/mol. The first-order valence-electron chi connectivity index (χ1n) is 6.03. The van der Waals surface area contributed by atoms with Crippen molar-refractivity contribution in [2.45, 2.75) is 64.6 Å². The standard InChI is InChI=1S/C12H24O2/c1-3-4-9-14-12-7-5-11(6-8-12)10(2)13/h10-13H,3-9H2,1-2H3. The largest absolute Gasteiger partial charge is 0.393 e. The molecule has 0 aromatic rings. The Kier molecular flexibility index (Phi) is 5.49. The fourth-order valence-corrected chi connectivity index (χ4v) is 2.13. The van der Waals surface area contributed by atoms with Crippen LogP contribution in [-0.4, -0.2) is 23.9 Å². The van der Waals surface area contributed by atoms with E-state index >= 15 is 0 Å². The third-order valence-electron chi connectivity index (χ3n) is 3.25. The van der Waals surface area contributed by atoms with Crippen molar-refractivity contribution in [3.05, 3.63) is 0 Å². The van der Waals surface area contributed by atoms with E-state index in [1.54, 1.807) is 0 Å². The number of ether oxygens (including phenoxy) is 1. The Balaban J connectivity index is 2.09. The summed E-state index contributed by atoms with van der Waals surface area (Å²) in [4.78, 5) is 0. The monoisotopic (exact) mass is 200 g/mol. The van der Waals surface area contributed by atoms with Gasteiger partial charge in [0, 0.05) is 6.61 Å². The lowest BCUT2D eigenvalue weighted by Gasteiger charge is -2.30. The van der Waals surface area contributed by atoms with E-state index in [-0.39, 0.29) is 6.10 Å². The van der Waals surface area contributed by atoms with Crippen molar-refractivity contribution in [1.29, 1.82) is 0 Å². The highest BCUT2D eigenvalue weighted by atomic mass is 16.5. The van der Waals surface area contributed by atoms with Gasteiger partial charge in [0.05, 0.1) is 12.2 Å². The SMILES string of the molecule is CCCCOC1CCC(C(C)O)CC1. The molecule has 0 heterocycles. The normalized spacial score (nSPS) is 30.2. The molecule has 2 nitrogen and oxygen atoms in total. The molecule has 1 saturated carbocycles. The van der Waals surface area contributed by atoms with Crippen molar-refractivity contribution in [2.24, 2.45) is 5.92 Å². The second kappa shape index (κ2) is 6.41. The molecule has 1 aliphatic carbocycles. The van der Waals surface area contributed by atoms with Crippen molar-refractivity contribution in [1.82, 2.24) is 0 Å². The number of unbranched alkanes of at least 4 members (excludes halogenated alkanes) is 1. The van der Waals surface area contributed by atoms with Gasteiger partial charge in [-0.15, -0.1) is 0 Å². The first-order valence-corrected chi connectivity index (χ1v) is 6.03. The van der Waals surface area contributed by atoms with E-state index in [9.17, 15) is 5.11 Å². The molecule has 0 spiro atoms. The van der Waals surface area contributed by atoms with Gasteiger partial charge in [-0.3, -0.25) is 0 Å². The van der Waals surface area contributed by atoms with Gasteiger partial charge in [0.15, 0.2) is 0 Å². The molecule has 0 radical (unpaired) electrons. The van der Waals surface area contributed by atoms with E-state index in [4.69, 9.17) is 4.74 Å². The smallest absolute Gasteiger partial charge is 0.0575 e. The van der Waals surface area contributed by atoms with Crippen LogP contribution in [0.5, 0.6) is 0 Å². The van der Waals surface area contributed by atoms with Crippen molar-refractivity contribution in [2.75, 3.05) is 6.61 Å². The maximum Gasteiger partial charge on any atom is 0.0575 e. The number of aliphatic hydroxyl groups is 1. The molecule has 1 rings (SSSR count). The van der Waals surface area contributed by atoms with Gasteiger partial charge in [-0.2, -0.15) is 0 Å². The second-order valence-corrected chi connectivity index (χ2v) is 4.50. The van der Waals surface area contributed by atoms with Crippen molar-refractivity contribution >= 4 is 0 Å². The summed E-state index contributed by atoms with van der Waals surface area (Å²) < 4.78 is 5.77. The highest BCUT2D eigenvalue weighted by Crippen LogP contribution is 2.28. The molecule has 1 unspecified atom stereocenters. The van der Waals surface area contributed by atoms with Crippen LogP contribution in [0.25, 0.3) is 0 Å². The summed E-state index contributed by atoms with van der Waals surface area (Å²) in [7, 11) is 0. The zero-order valence-corrected chi connectivity index (χ0v) is 9.54. The molecular weight excluding hydrogens is 176 g/mol. The summed E-state index contributed by atoms with van der Waals surface area (Å²) in [6.07, 6.45) is 7.27. The molecule has 0 amide bonds. The van der Waals surface area contributed by atoms with Gasteiger partial charge in [0.25, 0.3) is 0 Å². The lowest BCUT2D eigenvalue weighted by molar-refractivity contribution is -0.00221. The van der Waals surface area contributed by atoms with Crippen LogP contribution in [0.15, 0.2) is 0 Å². The second-order valence-electron chi connectivity index (χ2n) is 4.50. The quantitative estimate of drug-likeness (QED) is 0.691. The Morgan fingerprint density at radius 3 is 2.43 bits per heavy atom. The Hall–Kier alpha value is -0.0800. The van der Waals surface area contributed by atoms with E-state index in [1.165, 1.54) is 12.8 Å². The molecule has 1 fully saturated rings. The van der Waals surface area contributed by atoms with Crippen molar-refractivity contribution < 1.29 is 9.84 Å². The predicted molar refractivity (Wildman–Crippen MR) is 58.3 cm³/mol. The summed E-state index contributed by atoms with van der Waals surface area (Å²) >= 11 is 0. The average Bonchev–Trinajstić information content (AvgIpc) is 2.19. The lowest BCUT2D eigenvalue weighted by Crippen LogP contribution is -2.27. The third kappa shape index (κ3) is 3.97. The molecule has 0 aromatic carbocycles. The highest BCUT2D eigenvalue weighted by Gasteiger charge is 2.24. The summed E-state index contributed by atoms with van der Waals surface area (Å²) in [6, 6.07) is 0.